The average Bonchev–Trinajstić information content (AvgIpc) is 3.48. The Morgan fingerprint density at radius 3 is 1.52 bits per heavy atom. The van der Waals surface area contributed by atoms with E-state index in [-0.39, 0.29) is 0 Å². The molecule has 0 unspecified atom stereocenters. The molecule has 0 bridgehead atoms. The van der Waals surface area contributed by atoms with Crippen molar-refractivity contribution >= 4 is 64.6 Å². The van der Waals surface area contributed by atoms with E-state index in [1.54, 1.807) is 0 Å². The number of rotatable bonds is 2. The van der Waals surface area contributed by atoms with E-state index in [0.29, 0.717) is 0 Å². The smallest absolute Gasteiger partial charge is 0.00201 e. The first-order chi connectivity index (χ1) is 23.8. The molecule has 10 aromatic carbocycles. The van der Waals surface area contributed by atoms with Gasteiger partial charge in [0, 0.05) is 0 Å². The van der Waals surface area contributed by atoms with Crippen LogP contribution in [0.3, 0.4) is 0 Å². The predicted octanol–water partition coefficient (Wildman–Crippen LogP) is 13.6. The maximum Gasteiger partial charge on any atom is -0.00201 e. The van der Waals surface area contributed by atoms with Crippen LogP contribution >= 0.6 is 0 Å². The fourth-order valence-corrected chi connectivity index (χ4v) is 8.56. The lowest BCUT2D eigenvalue weighted by molar-refractivity contribution is 1.67. The van der Waals surface area contributed by atoms with Crippen LogP contribution in [0, 0.1) is 0 Å². The van der Waals surface area contributed by atoms with Crippen LogP contribution < -0.4 is 0 Å². The van der Waals surface area contributed by atoms with Gasteiger partial charge in [0.25, 0.3) is 0 Å². The highest BCUT2D eigenvalue weighted by atomic mass is 14.2. The summed E-state index contributed by atoms with van der Waals surface area (Å²) in [5, 5.41) is 15.6. The van der Waals surface area contributed by atoms with E-state index >= 15 is 0 Å². The molecule has 0 aromatic heterocycles. The van der Waals surface area contributed by atoms with Gasteiger partial charge in [-0.25, -0.2) is 0 Å². The third kappa shape index (κ3) is 3.55. The average molecular weight is 605 g/mol. The van der Waals surface area contributed by atoms with Crippen molar-refractivity contribution in [2.75, 3.05) is 0 Å². The van der Waals surface area contributed by atoms with Crippen LogP contribution in [0.15, 0.2) is 170 Å². The molecule has 0 saturated carbocycles. The Kier molecular flexibility index (Phi) is 5.20. The van der Waals surface area contributed by atoms with Crippen LogP contribution in [0.25, 0.3) is 109 Å². The van der Waals surface area contributed by atoms with Gasteiger partial charge in [-0.2, -0.15) is 0 Å². The summed E-state index contributed by atoms with van der Waals surface area (Å²) in [6.07, 6.45) is 0. The lowest BCUT2D eigenvalue weighted by atomic mass is 9.89. The van der Waals surface area contributed by atoms with Gasteiger partial charge in [-0.05, 0) is 127 Å². The van der Waals surface area contributed by atoms with Crippen molar-refractivity contribution in [2.24, 2.45) is 0 Å². The zero-order valence-electron chi connectivity index (χ0n) is 26.2. The van der Waals surface area contributed by atoms with Crippen LogP contribution in [0.1, 0.15) is 0 Å². The second-order valence-corrected chi connectivity index (χ2v) is 13.2. The predicted molar refractivity (Wildman–Crippen MR) is 207 cm³/mol. The van der Waals surface area contributed by atoms with Crippen molar-refractivity contribution in [1.29, 1.82) is 0 Å². The van der Waals surface area contributed by atoms with Crippen molar-refractivity contribution in [2.45, 2.75) is 0 Å². The largest absolute Gasteiger partial charge is 0.0616 e. The van der Waals surface area contributed by atoms with Gasteiger partial charge in [0.2, 0.25) is 0 Å². The van der Waals surface area contributed by atoms with Gasteiger partial charge >= 0.3 is 0 Å². The van der Waals surface area contributed by atoms with Gasteiger partial charge in [-0.15, -0.1) is 0 Å². The van der Waals surface area contributed by atoms with Gasteiger partial charge in [0.15, 0.2) is 0 Å². The summed E-state index contributed by atoms with van der Waals surface area (Å²) in [4.78, 5) is 0. The Bertz CT molecular complexity index is 2970. The first kappa shape index (κ1) is 25.9. The second kappa shape index (κ2) is 9.64. The normalized spacial score (nSPS) is 12.2. The monoisotopic (exact) mass is 604 g/mol. The lowest BCUT2D eigenvalue weighted by Gasteiger charge is -2.15. The summed E-state index contributed by atoms with van der Waals surface area (Å²) in [6.45, 7) is 0. The molecule has 1 aliphatic carbocycles. The summed E-state index contributed by atoms with van der Waals surface area (Å²) in [5.74, 6) is 0. The molecule has 0 atom stereocenters. The van der Waals surface area contributed by atoms with E-state index in [4.69, 9.17) is 0 Å². The molecule has 220 valence electrons. The molecule has 0 aliphatic heterocycles. The van der Waals surface area contributed by atoms with Gasteiger partial charge in [-0.1, -0.05) is 152 Å². The van der Waals surface area contributed by atoms with Gasteiger partial charge in [-0.3, -0.25) is 0 Å². The maximum atomic E-state index is 2.43. The Hall–Kier alpha value is -6.24. The van der Waals surface area contributed by atoms with Crippen molar-refractivity contribution in [3.05, 3.63) is 170 Å². The molecule has 48 heavy (non-hydrogen) atoms. The molecule has 0 amide bonds. The molecule has 0 radical (unpaired) electrons. The minimum atomic E-state index is 1.24. The number of benzene rings is 10. The van der Waals surface area contributed by atoms with Crippen molar-refractivity contribution in [1.82, 2.24) is 0 Å². The highest BCUT2D eigenvalue weighted by molar-refractivity contribution is 6.25. The van der Waals surface area contributed by atoms with Gasteiger partial charge in [0.1, 0.15) is 0 Å². The van der Waals surface area contributed by atoms with Crippen LogP contribution in [0.2, 0.25) is 0 Å². The molecule has 0 heterocycles. The maximum absolute atomic E-state index is 2.43. The molecule has 0 N–H and O–H groups in total. The summed E-state index contributed by atoms with van der Waals surface area (Å²) < 4.78 is 0. The molecule has 10 aromatic rings. The fraction of sp³-hybridized carbons (Fsp3) is 0. The molecule has 0 fully saturated rings. The van der Waals surface area contributed by atoms with E-state index in [1.165, 1.54) is 109 Å². The highest BCUT2D eigenvalue weighted by Crippen LogP contribution is 2.49. The SMILES string of the molecule is c1ccc2c(c1)-c1cccc3c(-c4ccc5ccc(-c6cc7c(ccc8c9ccccc9ccc87)c7ccccc67)cc5c4)ccc-2c13. The van der Waals surface area contributed by atoms with Crippen LogP contribution in [-0.2, 0) is 0 Å². The van der Waals surface area contributed by atoms with E-state index in [2.05, 4.69) is 170 Å². The highest BCUT2D eigenvalue weighted by Gasteiger charge is 2.22. The molecule has 1 aliphatic rings. The first-order valence-electron chi connectivity index (χ1n) is 16.8. The van der Waals surface area contributed by atoms with Gasteiger partial charge in [0.05, 0.1) is 0 Å². The molecule has 0 spiro atoms. The Balaban J connectivity index is 1.12. The van der Waals surface area contributed by atoms with Crippen molar-refractivity contribution in [3.8, 4) is 44.5 Å². The summed E-state index contributed by atoms with van der Waals surface area (Å²) >= 11 is 0. The van der Waals surface area contributed by atoms with E-state index in [0.717, 1.165) is 0 Å². The molecule has 0 saturated heterocycles. The van der Waals surface area contributed by atoms with E-state index < -0.39 is 0 Å². The van der Waals surface area contributed by atoms with E-state index in [9.17, 15) is 0 Å². The van der Waals surface area contributed by atoms with Gasteiger partial charge < -0.3 is 0 Å². The molecule has 11 rings (SSSR count). The summed E-state index contributed by atoms with van der Waals surface area (Å²) in [6, 6.07) is 63.4. The summed E-state index contributed by atoms with van der Waals surface area (Å²) in [5.41, 5.74) is 10.4. The third-order valence-electron chi connectivity index (χ3n) is 10.8. The second-order valence-electron chi connectivity index (χ2n) is 13.2. The Morgan fingerprint density at radius 2 is 0.729 bits per heavy atom. The zero-order chi connectivity index (χ0) is 31.3. The summed E-state index contributed by atoms with van der Waals surface area (Å²) in [7, 11) is 0. The Morgan fingerprint density at radius 1 is 0.208 bits per heavy atom. The molecule has 0 nitrogen and oxygen atoms in total. The van der Waals surface area contributed by atoms with E-state index in [1.807, 2.05) is 0 Å². The minimum Gasteiger partial charge on any atom is -0.0616 e. The quantitative estimate of drug-likeness (QED) is 0.172. The minimum absolute atomic E-state index is 1.24. The number of fused-ring (bicyclic) bond motifs is 11. The van der Waals surface area contributed by atoms with Crippen LogP contribution in [0.5, 0.6) is 0 Å². The van der Waals surface area contributed by atoms with Crippen molar-refractivity contribution in [3.63, 3.8) is 0 Å². The Labute approximate surface area is 278 Å². The first-order valence-corrected chi connectivity index (χ1v) is 16.8. The zero-order valence-corrected chi connectivity index (χ0v) is 26.2. The van der Waals surface area contributed by atoms with Crippen molar-refractivity contribution < 1.29 is 0 Å². The number of hydrogen-bond donors (Lipinski definition) is 0. The standard InChI is InChI=1S/C48H28/c1-2-9-34-30(8-1)20-21-41-40(34)23-24-42-36-10-3-6-13-39(36)46(28-47(41)42)32-19-17-29-16-18-31(26-33(29)27-32)35-22-25-45-38-12-5-4-11-37(38)44-15-7-14-43(35)48(44)45/h1-28H. The number of hydrogen-bond acceptors (Lipinski definition) is 0. The fourth-order valence-electron chi connectivity index (χ4n) is 8.56. The van der Waals surface area contributed by atoms with Crippen LogP contribution in [0.4, 0.5) is 0 Å². The molecule has 0 heteroatoms. The lowest BCUT2D eigenvalue weighted by Crippen LogP contribution is -1.88. The topological polar surface area (TPSA) is 0 Å². The molecular weight excluding hydrogens is 577 g/mol. The molecular formula is C48H28. The van der Waals surface area contributed by atoms with Crippen LogP contribution in [-0.4, -0.2) is 0 Å². The third-order valence-corrected chi connectivity index (χ3v) is 10.8.